The molecule has 5 rings (SSSR count). The SMILES string of the molecule is CC(C)(C)OC(=O)N1CCC(n2cnc(-c3ccc(F)cc3)c2-c2ccc3[nH]ncc3c2)CC1. The van der Waals surface area contributed by atoms with Gasteiger partial charge in [0.1, 0.15) is 11.4 Å². The number of carbonyl (C=O) groups excluding carboxylic acids is 1. The third-order valence-corrected chi connectivity index (χ3v) is 6.13. The molecule has 4 aromatic rings. The number of imidazole rings is 1. The number of likely N-dealkylation sites (tertiary alicyclic amines) is 1. The zero-order valence-corrected chi connectivity index (χ0v) is 19.6. The van der Waals surface area contributed by atoms with Crippen LogP contribution in [0.5, 0.6) is 0 Å². The summed E-state index contributed by atoms with van der Waals surface area (Å²) in [5.41, 5.74) is 4.10. The summed E-state index contributed by atoms with van der Waals surface area (Å²) < 4.78 is 21.3. The minimum absolute atomic E-state index is 0.176. The van der Waals surface area contributed by atoms with E-state index in [1.165, 1.54) is 12.1 Å². The van der Waals surface area contributed by atoms with Gasteiger partial charge in [-0.25, -0.2) is 14.2 Å². The molecule has 2 aromatic carbocycles. The van der Waals surface area contributed by atoms with Crippen molar-refractivity contribution in [2.75, 3.05) is 13.1 Å². The van der Waals surface area contributed by atoms with Crippen LogP contribution in [0.3, 0.4) is 0 Å². The number of nitrogens with one attached hydrogen (secondary N) is 1. The molecule has 1 N–H and O–H groups in total. The van der Waals surface area contributed by atoms with Crippen LogP contribution in [0.4, 0.5) is 9.18 Å². The van der Waals surface area contributed by atoms with Crippen molar-refractivity contribution in [1.82, 2.24) is 24.6 Å². The van der Waals surface area contributed by atoms with Crippen LogP contribution >= 0.6 is 0 Å². The van der Waals surface area contributed by atoms with Crippen LogP contribution in [0.15, 0.2) is 55.0 Å². The zero-order chi connectivity index (χ0) is 23.9. The molecule has 1 fully saturated rings. The molecule has 3 heterocycles. The quantitative estimate of drug-likeness (QED) is 0.418. The number of nitrogens with zero attached hydrogens (tertiary/aromatic N) is 4. The Hall–Kier alpha value is -3.68. The number of ether oxygens (including phenoxy) is 1. The van der Waals surface area contributed by atoms with Crippen LogP contribution in [0.1, 0.15) is 39.7 Å². The van der Waals surface area contributed by atoms with E-state index >= 15 is 0 Å². The lowest BCUT2D eigenvalue weighted by atomic mass is 10.0. The Morgan fingerprint density at radius 1 is 1.09 bits per heavy atom. The highest BCUT2D eigenvalue weighted by Crippen LogP contribution is 2.37. The molecule has 7 nitrogen and oxygen atoms in total. The molecule has 1 aliphatic rings. The van der Waals surface area contributed by atoms with Gasteiger partial charge in [0.05, 0.1) is 29.4 Å². The summed E-state index contributed by atoms with van der Waals surface area (Å²) in [6.07, 6.45) is 4.98. The highest BCUT2D eigenvalue weighted by molar-refractivity contribution is 5.87. The third-order valence-electron chi connectivity index (χ3n) is 6.13. The molecule has 0 unspecified atom stereocenters. The Morgan fingerprint density at radius 3 is 2.50 bits per heavy atom. The number of carbonyl (C=O) groups is 1. The number of halogens is 1. The van der Waals surface area contributed by atoms with Gasteiger partial charge in [-0.15, -0.1) is 0 Å². The fourth-order valence-electron chi connectivity index (χ4n) is 4.49. The number of hydrogen-bond donors (Lipinski definition) is 1. The maximum absolute atomic E-state index is 13.6. The maximum Gasteiger partial charge on any atom is 0.410 e. The largest absolute Gasteiger partial charge is 0.444 e. The fourth-order valence-corrected chi connectivity index (χ4v) is 4.49. The molecule has 176 valence electrons. The van der Waals surface area contributed by atoms with Crippen molar-refractivity contribution in [3.8, 4) is 22.5 Å². The second-order valence-electron chi connectivity index (χ2n) is 9.73. The Labute approximate surface area is 197 Å². The summed E-state index contributed by atoms with van der Waals surface area (Å²) in [5, 5.41) is 8.14. The van der Waals surface area contributed by atoms with E-state index in [0.29, 0.717) is 13.1 Å². The number of aromatic amines is 1. The third kappa shape index (κ3) is 4.40. The molecule has 1 saturated heterocycles. The maximum atomic E-state index is 13.6. The van der Waals surface area contributed by atoms with Crippen molar-refractivity contribution in [1.29, 1.82) is 0 Å². The average Bonchev–Trinajstić information content (AvgIpc) is 3.45. The van der Waals surface area contributed by atoms with E-state index in [0.717, 1.165) is 46.3 Å². The Bertz CT molecular complexity index is 1310. The average molecular weight is 462 g/mol. The lowest BCUT2D eigenvalue weighted by Gasteiger charge is -2.34. The molecule has 0 saturated carbocycles. The summed E-state index contributed by atoms with van der Waals surface area (Å²) in [7, 11) is 0. The fraction of sp³-hybridized carbons (Fsp3) is 0.346. The standard InChI is InChI=1S/C26H28FN5O2/c1-26(2,3)34-25(33)31-12-10-21(11-13-31)32-16-28-23(17-4-7-20(27)8-5-17)24(32)18-6-9-22-19(14-18)15-29-30-22/h4-9,14-16,21H,10-13H2,1-3H3,(H,29,30). The van der Waals surface area contributed by atoms with E-state index in [9.17, 15) is 9.18 Å². The smallest absolute Gasteiger partial charge is 0.410 e. The molecule has 0 aliphatic carbocycles. The van der Waals surface area contributed by atoms with Crippen LogP contribution in [-0.4, -0.2) is 49.4 Å². The summed E-state index contributed by atoms with van der Waals surface area (Å²) in [4.78, 5) is 19.0. The molecular weight excluding hydrogens is 433 g/mol. The first-order valence-corrected chi connectivity index (χ1v) is 11.5. The first kappa shape index (κ1) is 22.1. The van der Waals surface area contributed by atoms with Gasteiger partial charge in [-0.05, 0) is 70.0 Å². The minimum atomic E-state index is -0.513. The molecule has 34 heavy (non-hydrogen) atoms. The summed E-state index contributed by atoms with van der Waals surface area (Å²) in [6.45, 7) is 6.86. The van der Waals surface area contributed by atoms with Gasteiger partial charge in [0.2, 0.25) is 0 Å². The van der Waals surface area contributed by atoms with Gasteiger partial charge in [-0.2, -0.15) is 5.10 Å². The van der Waals surface area contributed by atoms with Crippen molar-refractivity contribution < 1.29 is 13.9 Å². The van der Waals surface area contributed by atoms with Gasteiger partial charge in [0, 0.05) is 35.6 Å². The number of aromatic nitrogens is 4. The molecule has 1 aliphatic heterocycles. The van der Waals surface area contributed by atoms with Crippen molar-refractivity contribution >= 4 is 17.0 Å². The molecular formula is C26H28FN5O2. The number of benzene rings is 2. The second kappa shape index (κ2) is 8.59. The minimum Gasteiger partial charge on any atom is -0.444 e. The van der Waals surface area contributed by atoms with Crippen molar-refractivity contribution in [3.05, 3.63) is 60.8 Å². The van der Waals surface area contributed by atoms with E-state index in [-0.39, 0.29) is 18.0 Å². The van der Waals surface area contributed by atoms with Gasteiger partial charge >= 0.3 is 6.09 Å². The number of rotatable bonds is 3. The van der Waals surface area contributed by atoms with Gasteiger partial charge in [0.25, 0.3) is 0 Å². The van der Waals surface area contributed by atoms with E-state index in [4.69, 9.17) is 9.72 Å². The molecule has 8 heteroatoms. The predicted molar refractivity (Wildman–Crippen MR) is 129 cm³/mol. The predicted octanol–water partition coefficient (Wildman–Crippen LogP) is 5.80. The molecule has 0 spiro atoms. The van der Waals surface area contributed by atoms with Gasteiger partial charge in [-0.3, -0.25) is 5.10 Å². The van der Waals surface area contributed by atoms with Crippen LogP contribution in [0.25, 0.3) is 33.4 Å². The van der Waals surface area contributed by atoms with Crippen LogP contribution < -0.4 is 0 Å². The topological polar surface area (TPSA) is 76.0 Å². The lowest BCUT2D eigenvalue weighted by molar-refractivity contribution is 0.0189. The number of piperidine rings is 1. The Balaban J connectivity index is 1.48. The van der Waals surface area contributed by atoms with Crippen LogP contribution in [0, 0.1) is 5.82 Å². The van der Waals surface area contributed by atoms with Gasteiger partial charge in [-0.1, -0.05) is 6.07 Å². The summed E-state index contributed by atoms with van der Waals surface area (Å²) >= 11 is 0. The first-order valence-electron chi connectivity index (χ1n) is 11.5. The highest BCUT2D eigenvalue weighted by Gasteiger charge is 2.29. The number of H-pyrrole nitrogens is 1. The number of fused-ring (bicyclic) bond motifs is 1. The van der Waals surface area contributed by atoms with Gasteiger partial charge < -0.3 is 14.2 Å². The summed E-state index contributed by atoms with van der Waals surface area (Å²) in [6, 6.07) is 12.8. The molecule has 2 aromatic heterocycles. The van der Waals surface area contributed by atoms with E-state index < -0.39 is 5.60 Å². The van der Waals surface area contributed by atoms with Crippen LogP contribution in [-0.2, 0) is 4.74 Å². The second-order valence-corrected chi connectivity index (χ2v) is 9.73. The highest BCUT2D eigenvalue weighted by atomic mass is 19.1. The van der Waals surface area contributed by atoms with Crippen LogP contribution in [0.2, 0.25) is 0 Å². The van der Waals surface area contributed by atoms with E-state index in [2.05, 4.69) is 26.9 Å². The first-order chi connectivity index (χ1) is 16.3. The van der Waals surface area contributed by atoms with Gasteiger partial charge in [0.15, 0.2) is 0 Å². The van der Waals surface area contributed by atoms with Crippen molar-refractivity contribution in [2.24, 2.45) is 0 Å². The lowest BCUT2D eigenvalue weighted by Crippen LogP contribution is -2.42. The molecule has 0 bridgehead atoms. The monoisotopic (exact) mass is 461 g/mol. The van der Waals surface area contributed by atoms with E-state index in [1.807, 2.05) is 33.2 Å². The van der Waals surface area contributed by atoms with Crippen molar-refractivity contribution in [2.45, 2.75) is 45.3 Å². The number of hydrogen-bond acceptors (Lipinski definition) is 4. The number of amides is 1. The molecule has 0 radical (unpaired) electrons. The molecule has 1 amide bonds. The van der Waals surface area contributed by atoms with Crippen molar-refractivity contribution in [3.63, 3.8) is 0 Å². The normalized spacial score (nSPS) is 15.1. The Kier molecular flexibility index (Phi) is 5.59. The molecule has 0 atom stereocenters. The van der Waals surface area contributed by atoms with E-state index in [1.54, 1.807) is 23.2 Å². The zero-order valence-electron chi connectivity index (χ0n) is 19.6. The Morgan fingerprint density at radius 2 is 1.79 bits per heavy atom. The summed E-state index contributed by atoms with van der Waals surface area (Å²) in [5.74, 6) is -0.279.